The van der Waals surface area contributed by atoms with E-state index in [0.717, 1.165) is 6.42 Å². The summed E-state index contributed by atoms with van der Waals surface area (Å²) in [6.45, 7) is 6.46. The average molecular weight is 341 g/mol. The van der Waals surface area contributed by atoms with E-state index in [1.165, 1.54) is 45.1 Å². The van der Waals surface area contributed by atoms with Crippen LogP contribution in [0, 0.1) is 0 Å². The molecule has 0 aliphatic carbocycles. The first kappa shape index (κ1) is 14.2. The van der Waals surface area contributed by atoms with Gasteiger partial charge in [-0.15, -0.1) is 34.0 Å². The Balaban J connectivity index is 2.01. The smallest absolute Gasteiger partial charge is 0.0642 e. The predicted octanol–water partition coefficient (Wildman–Crippen LogP) is 5.88. The minimum atomic E-state index is 1.14. The minimum absolute atomic E-state index is 1.14. The van der Waals surface area contributed by atoms with Crippen LogP contribution in [0.2, 0.25) is 0 Å². The van der Waals surface area contributed by atoms with Crippen molar-refractivity contribution >= 4 is 75.6 Å². The highest BCUT2D eigenvalue weighted by Crippen LogP contribution is 2.43. The zero-order valence-electron chi connectivity index (χ0n) is 12.4. The summed E-state index contributed by atoms with van der Waals surface area (Å²) in [7, 11) is 0. The largest absolute Gasteiger partial charge is 0.133 e. The molecule has 110 valence electrons. The first-order valence-electron chi connectivity index (χ1n) is 7.48. The topological polar surface area (TPSA) is 0 Å². The third-order valence-electron chi connectivity index (χ3n) is 3.79. The fraction of sp³-hybridized carbons (Fsp3) is 0.158. The monoisotopic (exact) mass is 340 g/mol. The maximum absolute atomic E-state index is 4.25. The normalized spacial score (nSPS) is 13.4. The number of hydrogen-bond acceptors (Lipinski definition) is 3. The number of rotatable bonds is 3. The van der Waals surface area contributed by atoms with Gasteiger partial charge in [-0.25, -0.2) is 0 Å². The Hall–Kier alpha value is -1.42. The van der Waals surface area contributed by atoms with Gasteiger partial charge in [0.25, 0.3) is 0 Å². The second-order valence-corrected chi connectivity index (χ2v) is 8.52. The van der Waals surface area contributed by atoms with Gasteiger partial charge in [-0.3, -0.25) is 0 Å². The molecule has 1 aromatic carbocycles. The number of unbranched alkanes of at least 4 members (excludes halogenated alkanes) is 1. The maximum atomic E-state index is 4.25. The Kier molecular flexibility index (Phi) is 3.65. The Bertz CT molecular complexity index is 1100. The molecule has 0 atom stereocenters. The third kappa shape index (κ3) is 2.16. The first-order chi connectivity index (χ1) is 10.8. The average Bonchev–Trinajstić information content (AvgIpc) is 3.13. The van der Waals surface area contributed by atoms with Crippen molar-refractivity contribution < 1.29 is 0 Å². The highest BCUT2D eigenvalue weighted by Gasteiger charge is 2.14. The maximum Gasteiger partial charge on any atom is 0.0642 e. The van der Waals surface area contributed by atoms with Crippen LogP contribution in [0.3, 0.4) is 0 Å². The first-order valence-corrected chi connectivity index (χ1v) is 9.93. The number of allylic oxidation sites excluding steroid dienone is 2. The fourth-order valence-corrected chi connectivity index (χ4v) is 6.85. The summed E-state index contributed by atoms with van der Waals surface area (Å²) in [5.74, 6) is 0. The van der Waals surface area contributed by atoms with Gasteiger partial charge in [0.1, 0.15) is 0 Å². The molecule has 0 bridgehead atoms. The molecule has 0 radical (unpaired) electrons. The Morgan fingerprint density at radius 2 is 1.82 bits per heavy atom. The van der Waals surface area contributed by atoms with Gasteiger partial charge in [-0.2, -0.15) is 0 Å². The Labute approximate surface area is 141 Å². The van der Waals surface area contributed by atoms with Gasteiger partial charge in [0, 0.05) is 19.8 Å². The predicted molar refractivity (Wildman–Crippen MR) is 106 cm³/mol. The zero-order valence-corrected chi connectivity index (χ0v) is 14.8. The molecule has 3 aromatic heterocycles. The molecule has 0 saturated carbocycles. The molecule has 0 saturated heterocycles. The fourth-order valence-electron chi connectivity index (χ4n) is 2.69. The van der Waals surface area contributed by atoms with E-state index in [0.29, 0.717) is 0 Å². The van der Waals surface area contributed by atoms with Crippen molar-refractivity contribution in [1.29, 1.82) is 0 Å². The lowest BCUT2D eigenvalue weighted by molar-refractivity contribution is 0.959. The summed E-state index contributed by atoms with van der Waals surface area (Å²) in [5, 5.41) is 2.71. The highest BCUT2D eigenvalue weighted by molar-refractivity contribution is 7.40. The molecule has 4 aromatic rings. The van der Waals surface area contributed by atoms with Gasteiger partial charge in [0.05, 0.1) is 18.8 Å². The van der Waals surface area contributed by atoms with Gasteiger partial charge in [0.15, 0.2) is 0 Å². The van der Waals surface area contributed by atoms with Crippen LogP contribution in [-0.4, -0.2) is 0 Å². The van der Waals surface area contributed by atoms with Crippen molar-refractivity contribution in [3.05, 3.63) is 46.2 Å². The summed E-state index contributed by atoms with van der Waals surface area (Å²) in [5.41, 5.74) is 0. The SMILES string of the molecule is C=c1sc2c(sc3c4ccccc4sc23)c1=CC=CCCC. The van der Waals surface area contributed by atoms with Crippen LogP contribution in [0.4, 0.5) is 0 Å². The van der Waals surface area contributed by atoms with Crippen molar-refractivity contribution in [2.75, 3.05) is 0 Å². The van der Waals surface area contributed by atoms with Gasteiger partial charge >= 0.3 is 0 Å². The quantitative estimate of drug-likeness (QED) is 0.437. The highest BCUT2D eigenvalue weighted by atomic mass is 32.1. The Morgan fingerprint density at radius 1 is 1.00 bits per heavy atom. The lowest BCUT2D eigenvalue weighted by atomic mass is 10.2. The van der Waals surface area contributed by atoms with Crippen LogP contribution in [0.15, 0.2) is 36.4 Å². The summed E-state index contributed by atoms with van der Waals surface area (Å²) in [6, 6.07) is 8.72. The van der Waals surface area contributed by atoms with Crippen molar-refractivity contribution in [2.24, 2.45) is 0 Å². The molecule has 0 amide bonds. The van der Waals surface area contributed by atoms with Gasteiger partial charge < -0.3 is 0 Å². The van der Waals surface area contributed by atoms with E-state index in [1.807, 2.05) is 34.0 Å². The number of hydrogen-bond donors (Lipinski definition) is 0. The third-order valence-corrected chi connectivity index (χ3v) is 7.70. The van der Waals surface area contributed by atoms with Crippen LogP contribution in [-0.2, 0) is 0 Å². The second kappa shape index (κ2) is 5.65. The molecule has 0 unspecified atom stereocenters. The van der Waals surface area contributed by atoms with Crippen molar-refractivity contribution in [3.63, 3.8) is 0 Å². The lowest BCUT2D eigenvalue weighted by Crippen LogP contribution is -2.15. The zero-order chi connectivity index (χ0) is 15.1. The molecule has 0 aliphatic heterocycles. The molecular formula is C19H16S3. The molecule has 0 spiro atoms. The summed E-state index contributed by atoms with van der Waals surface area (Å²) in [6.07, 6.45) is 9.00. The van der Waals surface area contributed by atoms with Crippen LogP contribution in [0.5, 0.6) is 0 Å². The van der Waals surface area contributed by atoms with Crippen LogP contribution in [0.1, 0.15) is 19.8 Å². The van der Waals surface area contributed by atoms with E-state index in [2.05, 4.69) is 56.0 Å². The van der Waals surface area contributed by atoms with Gasteiger partial charge in [-0.1, -0.05) is 56.4 Å². The molecule has 4 rings (SSSR count). The molecule has 0 N–H and O–H groups in total. The number of benzene rings is 1. The van der Waals surface area contributed by atoms with E-state index in [4.69, 9.17) is 0 Å². The van der Waals surface area contributed by atoms with E-state index in [-0.39, 0.29) is 0 Å². The van der Waals surface area contributed by atoms with Crippen LogP contribution in [0.25, 0.3) is 41.5 Å². The summed E-state index contributed by atoms with van der Waals surface area (Å²) in [4.78, 5) is 0. The molecule has 22 heavy (non-hydrogen) atoms. The molecule has 3 heteroatoms. The van der Waals surface area contributed by atoms with Crippen molar-refractivity contribution in [2.45, 2.75) is 19.8 Å². The standard InChI is InChI=1S/C19H16S3/c1-3-4-5-6-9-13-12(2)20-18-16(13)22-17-14-10-7-8-11-15(14)21-19(17)18/h5-11H,2-4H2,1H3. The van der Waals surface area contributed by atoms with Crippen LogP contribution >= 0.6 is 34.0 Å². The van der Waals surface area contributed by atoms with E-state index >= 15 is 0 Å². The second-order valence-electron chi connectivity index (χ2n) is 5.34. The van der Waals surface area contributed by atoms with E-state index < -0.39 is 0 Å². The molecule has 0 nitrogen and oxygen atoms in total. The number of thiophene rings is 3. The van der Waals surface area contributed by atoms with E-state index in [1.54, 1.807) is 0 Å². The number of fused-ring (bicyclic) bond motifs is 5. The van der Waals surface area contributed by atoms with Crippen molar-refractivity contribution in [3.8, 4) is 0 Å². The van der Waals surface area contributed by atoms with E-state index in [9.17, 15) is 0 Å². The molecular weight excluding hydrogens is 324 g/mol. The molecule has 3 heterocycles. The molecule has 0 fully saturated rings. The minimum Gasteiger partial charge on any atom is -0.133 e. The van der Waals surface area contributed by atoms with Gasteiger partial charge in [-0.05, 0) is 12.5 Å². The Morgan fingerprint density at radius 3 is 2.68 bits per heavy atom. The lowest BCUT2D eigenvalue weighted by Gasteiger charge is -1.86. The summed E-state index contributed by atoms with van der Waals surface area (Å²) >= 11 is 5.68. The molecule has 0 aliphatic rings. The van der Waals surface area contributed by atoms with Crippen LogP contribution < -0.4 is 9.75 Å². The van der Waals surface area contributed by atoms with Gasteiger partial charge in [0.2, 0.25) is 0 Å². The summed E-state index contributed by atoms with van der Waals surface area (Å²) < 4.78 is 8.27. The van der Waals surface area contributed by atoms with Crippen molar-refractivity contribution in [1.82, 2.24) is 0 Å².